The fourth-order valence-corrected chi connectivity index (χ4v) is 1.80. The standard InChI is InChI=1S/C8H11NO4S/c1-6-4-7(13-5-9)2-3-8(6)14(10,11)12/h2-4H,5,9H2,1H3,(H,10,11,12). The quantitative estimate of drug-likeness (QED) is 0.569. The highest BCUT2D eigenvalue weighted by atomic mass is 32.2. The van der Waals surface area contributed by atoms with Crippen molar-refractivity contribution < 1.29 is 17.7 Å². The minimum Gasteiger partial charge on any atom is -0.479 e. The fraction of sp³-hybridized carbons (Fsp3) is 0.250. The van der Waals surface area contributed by atoms with Gasteiger partial charge < -0.3 is 4.74 Å². The van der Waals surface area contributed by atoms with Gasteiger partial charge in [0, 0.05) is 0 Å². The van der Waals surface area contributed by atoms with Crippen LogP contribution < -0.4 is 10.5 Å². The monoisotopic (exact) mass is 217 g/mol. The molecule has 0 fully saturated rings. The van der Waals surface area contributed by atoms with Crippen LogP contribution >= 0.6 is 0 Å². The number of hydrogen-bond donors (Lipinski definition) is 2. The third-order valence-electron chi connectivity index (χ3n) is 1.67. The summed E-state index contributed by atoms with van der Waals surface area (Å²) in [5.74, 6) is 0.470. The van der Waals surface area contributed by atoms with Crippen molar-refractivity contribution >= 4 is 10.1 Å². The molecule has 3 N–H and O–H groups in total. The Bertz CT molecular complexity index is 427. The van der Waals surface area contributed by atoms with Crippen molar-refractivity contribution in [3.63, 3.8) is 0 Å². The van der Waals surface area contributed by atoms with Crippen LogP contribution in [0.25, 0.3) is 0 Å². The highest BCUT2D eigenvalue weighted by Crippen LogP contribution is 2.20. The first-order chi connectivity index (χ1) is 6.45. The molecule has 1 aromatic carbocycles. The summed E-state index contributed by atoms with van der Waals surface area (Å²) in [5, 5.41) is 0. The molecule has 0 radical (unpaired) electrons. The normalized spacial score (nSPS) is 11.4. The van der Waals surface area contributed by atoms with Gasteiger partial charge in [0.25, 0.3) is 10.1 Å². The van der Waals surface area contributed by atoms with Gasteiger partial charge in [-0.25, -0.2) is 0 Å². The van der Waals surface area contributed by atoms with Crippen LogP contribution in [0.5, 0.6) is 5.75 Å². The first kappa shape index (κ1) is 11.0. The molecule has 0 aliphatic carbocycles. The van der Waals surface area contributed by atoms with Gasteiger partial charge in [-0.15, -0.1) is 0 Å². The second kappa shape index (κ2) is 3.95. The fourth-order valence-electron chi connectivity index (χ4n) is 1.10. The predicted octanol–water partition coefficient (Wildman–Crippen LogP) is 0.537. The summed E-state index contributed by atoms with van der Waals surface area (Å²) < 4.78 is 35.4. The maximum atomic E-state index is 10.8. The molecule has 1 rings (SSSR count). The molecule has 0 unspecified atom stereocenters. The molecule has 1 aromatic rings. The number of nitrogens with two attached hydrogens (primary N) is 1. The summed E-state index contributed by atoms with van der Waals surface area (Å²) >= 11 is 0. The van der Waals surface area contributed by atoms with E-state index in [1.54, 1.807) is 6.92 Å². The smallest absolute Gasteiger partial charge is 0.294 e. The lowest BCUT2D eigenvalue weighted by Crippen LogP contribution is -2.08. The summed E-state index contributed by atoms with van der Waals surface area (Å²) in [7, 11) is -4.15. The first-order valence-electron chi connectivity index (χ1n) is 3.86. The Kier molecular flexibility index (Phi) is 3.10. The van der Waals surface area contributed by atoms with Crippen LogP contribution in [0, 0.1) is 6.92 Å². The SMILES string of the molecule is Cc1cc(OCN)ccc1S(=O)(=O)O. The third kappa shape index (κ3) is 2.44. The van der Waals surface area contributed by atoms with Crippen molar-refractivity contribution in [2.24, 2.45) is 5.73 Å². The van der Waals surface area contributed by atoms with Gasteiger partial charge >= 0.3 is 0 Å². The second-order valence-corrected chi connectivity index (χ2v) is 4.10. The van der Waals surface area contributed by atoms with Gasteiger partial charge in [0.05, 0.1) is 4.90 Å². The van der Waals surface area contributed by atoms with Gasteiger partial charge in [0.15, 0.2) is 0 Å². The molecule has 0 spiro atoms. The van der Waals surface area contributed by atoms with Crippen LogP contribution in [0.3, 0.4) is 0 Å². The van der Waals surface area contributed by atoms with Crippen molar-refractivity contribution in [3.8, 4) is 5.75 Å². The zero-order valence-electron chi connectivity index (χ0n) is 7.60. The Balaban J connectivity index is 3.15. The molecule has 5 nitrogen and oxygen atoms in total. The minimum atomic E-state index is -4.15. The van der Waals surface area contributed by atoms with E-state index >= 15 is 0 Å². The molecule has 0 amide bonds. The van der Waals surface area contributed by atoms with Crippen molar-refractivity contribution in [2.45, 2.75) is 11.8 Å². The van der Waals surface area contributed by atoms with Crippen LogP contribution in [0.1, 0.15) is 5.56 Å². The van der Waals surface area contributed by atoms with Gasteiger partial charge in [0.2, 0.25) is 0 Å². The number of aryl methyl sites for hydroxylation is 1. The second-order valence-electron chi connectivity index (χ2n) is 2.71. The highest BCUT2D eigenvalue weighted by molar-refractivity contribution is 7.85. The number of rotatable bonds is 3. The lowest BCUT2D eigenvalue weighted by molar-refractivity contribution is 0.329. The summed E-state index contributed by atoms with van der Waals surface area (Å²) in [4.78, 5) is -0.123. The molecule has 0 saturated heterocycles. The van der Waals surface area contributed by atoms with Gasteiger partial charge in [-0.3, -0.25) is 10.3 Å². The average molecular weight is 217 g/mol. The molecule has 0 heterocycles. The van der Waals surface area contributed by atoms with Crippen LogP contribution in [-0.4, -0.2) is 19.7 Å². The van der Waals surface area contributed by atoms with Crippen molar-refractivity contribution in [3.05, 3.63) is 23.8 Å². The predicted molar refractivity (Wildman–Crippen MR) is 50.7 cm³/mol. The Morgan fingerprint density at radius 2 is 2.14 bits per heavy atom. The molecule has 0 saturated carbocycles. The Morgan fingerprint density at radius 3 is 2.57 bits per heavy atom. The molecule has 0 aliphatic heterocycles. The summed E-state index contributed by atoms with van der Waals surface area (Å²) in [6, 6.07) is 4.20. The summed E-state index contributed by atoms with van der Waals surface area (Å²) in [6.07, 6.45) is 0. The Hall–Kier alpha value is -1.11. The van der Waals surface area contributed by atoms with Crippen LogP contribution in [0.15, 0.2) is 23.1 Å². The van der Waals surface area contributed by atoms with Crippen molar-refractivity contribution in [1.29, 1.82) is 0 Å². The molecule has 0 bridgehead atoms. The molecule has 0 aliphatic rings. The van der Waals surface area contributed by atoms with Gasteiger partial charge in [-0.1, -0.05) is 0 Å². The maximum Gasteiger partial charge on any atom is 0.294 e. The van der Waals surface area contributed by atoms with E-state index in [2.05, 4.69) is 0 Å². The van der Waals surface area contributed by atoms with E-state index in [0.717, 1.165) is 0 Å². The van der Waals surface area contributed by atoms with Gasteiger partial charge in [-0.2, -0.15) is 8.42 Å². The number of benzene rings is 1. The molecule has 78 valence electrons. The van der Waals surface area contributed by atoms with Crippen molar-refractivity contribution in [2.75, 3.05) is 6.73 Å². The average Bonchev–Trinajstić information content (AvgIpc) is 2.02. The largest absolute Gasteiger partial charge is 0.479 e. The highest BCUT2D eigenvalue weighted by Gasteiger charge is 2.12. The van der Waals surface area contributed by atoms with Gasteiger partial charge in [0.1, 0.15) is 12.5 Å². The lowest BCUT2D eigenvalue weighted by atomic mass is 10.2. The minimum absolute atomic E-state index is 0.0185. The van der Waals surface area contributed by atoms with Crippen LogP contribution in [0.2, 0.25) is 0 Å². The summed E-state index contributed by atoms with van der Waals surface area (Å²) in [6.45, 7) is 1.58. The summed E-state index contributed by atoms with van der Waals surface area (Å²) in [5.41, 5.74) is 5.56. The zero-order chi connectivity index (χ0) is 10.8. The van der Waals surface area contributed by atoms with E-state index in [4.69, 9.17) is 15.0 Å². The third-order valence-corrected chi connectivity index (χ3v) is 2.69. The van der Waals surface area contributed by atoms with E-state index in [1.165, 1.54) is 18.2 Å². The number of hydrogen-bond acceptors (Lipinski definition) is 4. The van der Waals surface area contributed by atoms with Crippen LogP contribution in [0.4, 0.5) is 0 Å². The zero-order valence-corrected chi connectivity index (χ0v) is 8.41. The molecule has 0 atom stereocenters. The van der Waals surface area contributed by atoms with E-state index < -0.39 is 10.1 Å². The molecular formula is C8H11NO4S. The van der Waals surface area contributed by atoms with E-state index in [-0.39, 0.29) is 11.6 Å². The lowest BCUT2D eigenvalue weighted by Gasteiger charge is -2.06. The molecular weight excluding hydrogens is 206 g/mol. The van der Waals surface area contributed by atoms with Crippen molar-refractivity contribution in [1.82, 2.24) is 0 Å². The maximum absolute atomic E-state index is 10.8. The van der Waals surface area contributed by atoms with E-state index in [1.807, 2.05) is 0 Å². The molecule has 14 heavy (non-hydrogen) atoms. The van der Waals surface area contributed by atoms with E-state index in [0.29, 0.717) is 11.3 Å². The Morgan fingerprint density at radius 1 is 1.50 bits per heavy atom. The Labute approximate surface area is 82.2 Å². The number of ether oxygens (including phenoxy) is 1. The topological polar surface area (TPSA) is 89.6 Å². The van der Waals surface area contributed by atoms with Crippen LogP contribution in [-0.2, 0) is 10.1 Å². The first-order valence-corrected chi connectivity index (χ1v) is 5.30. The molecule has 0 aromatic heterocycles. The molecule has 6 heteroatoms. The van der Waals surface area contributed by atoms with E-state index in [9.17, 15) is 8.42 Å². The van der Waals surface area contributed by atoms with Gasteiger partial charge in [-0.05, 0) is 30.7 Å².